The lowest BCUT2D eigenvalue weighted by atomic mass is 9.70. The number of nitrogens with zero attached hydrogens (tertiary/aromatic N) is 1. The van der Waals surface area contributed by atoms with E-state index < -0.39 is 5.41 Å². The van der Waals surface area contributed by atoms with Crippen LogP contribution in [0.4, 0.5) is 17.1 Å². The van der Waals surface area contributed by atoms with Crippen molar-refractivity contribution in [1.82, 2.24) is 0 Å². The molecular formula is C55H31NO2S. The monoisotopic (exact) mass is 769 g/mol. The molecule has 0 bridgehead atoms. The number of benzene rings is 8. The van der Waals surface area contributed by atoms with Crippen molar-refractivity contribution in [3.63, 3.8) is 0 Å². The van der Waals surface area contributed by atoms with Gasteiger partial charge in [-0.2, -0.15) is 0 Å². The fourth-order valence-corrected chi connectivity index (χ4v) is 11.2. The van der Waals surface area contributed by atoms with Crippen LogP contribution in [0, 0.1) is 12.1 Å². The summed E-state index contributed by atoms with van der Waals surface area (Å²) in [4.78, 5) is 2.30. The third-order valence-electron chi connectivity index (χ3n) is 12.4. The number of thiophene rings is 1. The number of para-hydroxylation sites is 3. The van der Waals surface area contributed by atoms with Gasteiger partial charge in [0.2, 0.25) is 0 Å². The molecule has 2 heterocycles. The summed E-state index contributed by atoms with van der Waals surface area (Å²) in [6, 6.07) is 73.6. The first-order valence-electron chi connectivity index (χ1n) is 19.9. The molecule has 2 aliphatic carbocycles. The Labute approximate surface area is 345 Å². The van der Waals surface area contributed by atoms with Crippen LogP contribution in [0.15, 0.2) is 188 Å². The molecule has 0 atom stereocenters. The van der Waals surface area contributed by atoms with Crippen LogP contribution in [0.5, 0.6) is 23.0 Å². The summed E-state index contributed by atoms with van der Waals surface area (Å²) in [5, 5.41) is 2.32. The predicted octanol–water partition coefficient (Wildman–Crippen LogP) is 15.0. The van der Waals surface area contributed by atoms with E-state index in [1.54, 1.807) is 11.3 Å². The average Bonchev–Trinajstić information content (AvgIpc) is 3.93. The summed E-state index contributed by atoms with van der Waals surface area (Å²) in [5.41, 5.74) is 14.6. The van der Waals surface area contributed by atoms with E-state index in [0.717, 1.165) is 44.9 Å². The zero-order valence-electron chi connectivity index (χ0n) is 31.6. The summed E-state index contributed by atoms with van der Waals surface area (Å²) in [7, 11) is 0. The molecule has 0 N–H and O–H groups in total. The first-order valence-corrected chi connectivity index (χ1v) is 20.7. The Balaban J connectivity index is 0.980. The van der Waals surface area contributed by atoms with Crippen LogP contribution in [0.1, 0.15) is 22.3 Å². The van der Waals surface area contributed by atoms with Crippen molar-refractivity contribution in [3.8, 4) is 56.4 Å². The molecule has 10 aromatic rings. The van der Waals surface area contributed by atoms with Crippen LogP contribution < -0.4 is 14.4 Å². The normalized spacial score (nSPS) is 13.4. The molecule has 1 aliphatic heterocycles. The Kier molecular flexibility index (Phi) is 6.73. The maximum absolute atomic E-state index is 7.15. The standard InChI is InChI=1S/C55H31NO2S/c1-2-15-35(16-3-1)56(46-25-12-7-17-36(46)34-29-30-40-39-20-8-13-28-50(39)59-51(40)33-34)47-26-14-27-48-53(47)57-49-32-31-45-52(54(49)58-48)41-21-6-11-24-44(41)55(45)42-22-9-4-18-37(42)38-19-5-10-23-43(38)55/h1-7,9-19,21-33H. The highest BCUT2D eigenvalue weighted by Gasteiger charge is 2.53. The van der Waals surface area contributed by atoms with Crippen LogP contribution in [-0.2, 0) is 5.41 Å². The van der Waals surface area contributed by atoms with Crippen LogP contribution in [0.3, 0.4) is 0 Å². The van der Waals surface area contributed by atoms with Gasteiger partial charge in [-0.05, 0) is 99.1 Å². The van der Waals surface area contributed by atoms with Crippen LogP contribution >= 0.6 is 11.3 Å². The second kappa shape index (κ2) is 12.2. The third-order valence-corrected chi connectivity index (χ3v) is 13.5. The summed E-state index contributed by atoms with van der Waals surface area (Å²) >= 11 is 1.79. The highest BCUT2D eigenvalue weighted by Crippen LogP contribution is 2.67. The van der Waals surface area contributed by atoms with Gasteiger partial charge in [0, 0.05) is 31.6 Å². The maximum Gasteiger partial charge on any atom is 0.194 e. The largest absolute Gasteiger partial charge is 0.449 e. The van der Waals surface area contributed by atoms with Crippen molar-refractivity contribution < 1.29 is 9.47 Å². The van der Waals surface area contributed by atoms with Crippen LogP contribution in [0.2, 0.25) is 0 Å². The zero-order chi connectivity index (χ0) is 38.7. The Morgan fingerprint density at radius 3 is 1.92 bits per heavy atom. The van der Waals surface area contributed by atoms with Gasteiger partial charge in [0.1, 0.15) is 0 Å². The van der Waals surface area contributed by atoms with Gasteiger partial charge in [0.05, 0.1) is 22.2 Å². The summed E-state index contributed by atoms with van der Waals surface area (Å²) in [6.45, 7) is 0. The van der Waals surface area contributed by atoms with Gasteiger partial charge in [-0.15, -0.1) is 11.3 Å². The Hall–Kier alpha value is -7.58. The molecule has 0 unspecified atom stereocenters. The molecule has 0 saturated heterocycles. The first-order chi connectivity index (χ1) is 29.3. The van der Waals surface area contributed by atoms with Crippen molar-refractivity contribution >= 4 is 48.6 Å². The van der Waals surface area contributed by atoms with Gasteiger partial charge < -0.3 is 14.4 Å². The van der Waals surface area contributed by atoms with Crippen LogP contribution in [-0.4, -0.2) is 0 Å². The number of hydrogen-bond acceptors (Lipinski definition) is 4. The average molecular weight is 770 g/mol. The van der Waals surface area contributed by atoms with E-state index in [0.29, 0.717) is 17.2 Å². The van der Waals surface area contributed by atoms with Gasteiger partial charge >= 0.3 is 0 Å². The minimum atomic E-state index is -0.469. The topological polar surface area (TPSA) is 21.7 Å². The van der Waals surface area contributed by atoms with E-state index in [4.69, 9.17) is 9.47 Å². The molecule has 9 aromatic carbocycles. The molecule has 0 fully saturated rings. The lowest BCUT2D eigenvalue weighted by Crippen LogP contribution is -2.25. The highest BCUT2D eigenvalue weighted by molar-refractivity contribution is 7.25. The fraction of sp³-hybridized carbons (Fsp3) is 0.0182. The quantitative estimate of drug-likeness (QED) is 0.178. The number of rotatable bonds is 4. The number of anilines is 3. The molecule has 0 saturated carbocycles. The zero-order valence-corrected chi connectivity index (χ0v) is 32.4. The fourth-order valence-electron chi connectivity index (χ4n) is 10.1. The van der Waals surface area contributed by atoms with E-state index in [1.165, 1.54) is 53.7 Å². The SMILES string of the molecule is c1ccc2sc3cc(-c4ccccc4N(c4ccccc4)c4cccc5c4Oc4ccc6c(c4O5)-c4ccccc4C64c5ccccc5-c5ccccc54)ccc3c2c#1. The highest BCUT2D eigenvalue weighted by atomic mass is 32.1. The Morgan fingerprint density at radius 1 is 0.475 bits per heavy atom. The van der Waals surface area contributed by atoms with Gasteiger partial charge in [-0.3, -0.25) is 0 Å². The van der Waals surface area contributed by atoms with E-state index in [2.05, 4.69) is 193 Å². The molecule has 3 aliphatic rings. The van der Waals surface area contributed by atoms with E-state index >= 15 is 0 Å². The molecule has 3 nitrogen and oxygen atoms in total. The van der Waals surface area contributed by atoms with Gasteiger partial charge in [-0.25, -0.2) is 0 Å². The van der Waals surface area contributed by atoms with Crippen molar-refractivity contribution in [2.75, 3.05) is 4.90 Å². The second-order valence-electron chi connectivity index (χ2n) is 15.4. The molecule has 4 heteroatoms. The Morgan fingerprint density at radius 2 is 1.12 bits per heavy atom. The maximum atomic E-state index is 7.15. The van der Waals surface area contributed by atoms with Crippen molar-refractivity contribution in [1.29, 1.82) is 0 Å². The van der Waals surface area contributed by atoms with Gasteiger partial charge in [-0.1, -0.05) is 146 Å². The second-order valence-corrected chi connectivity index (χ2v) is 16.4. The number of hydrogen-bond donors (Lipinski definition) is 0. The minimum Gasteiger partial charge on any atom is -0.449 e. The molecule has 0 amide bonds. The van der Waals surface area contributed by atoms with Crippen LogP contribution in [0.25, 0.3) is 53.6 Å². The predicted molar refractivity (Wildman–Crippen MR) is 240 cm³/mol. The van der Waals surface area contributed by atoms with Gasteiger partial charge in [0.25, 0.3) is 0 Å². The van der Waals surface area contributed by atoms with Crippen molar-refractivity contribution in [3.05, 3.63) is 222 Å². The van der Waals surface area contributed by atoms with E-state index in [1.807, 2.05) is 12.1 Å². The lowest BCUT2D eigenvalue weighted by Gasteiger charge is -2.33. The van der Waals surface area contributed by atoms with E-state index in [9.17, 15) is 0 Å². The summed E-state index contributed by atoms with van der Waals surface area (Å²) in [5.74, 6) is 2.78. The molecule has 0 radical (unpaired) electrons. The number of ether oxygens (including phenoxy) is 2. The van der Waals surface area contributed by atoms with E-state index in [-0.39, 0.29) is 0 Å². The molecule has 59 heavy (non-hydrogen) atoms. The van der Waals surface area contributed by atoms with Gasteiger partial charge in [0.15, 0.2) is 23.0 Å². The number of fused-ring (bicyclic) bond motifs is 16. The molecule has 13 rings (SSSR count). The van der Waals surface area contributed by atoms with Crippen molar-refractivity contribution in [2.24, 2.45) is 0 Å². The molecule has 1 aromatic heterocycles. The molecular weight excluding hydrogens is 739 g/mol. The lowest BCUT2D eigenvalue weighted by molar-refractivity contribution is 0.361. The third kappa shape index (κ3) is 4.43. The molecule has 274 valence electrons. The molecule has 1 spiro atoms. The smallest absolute Gasteiger partial charge is 0.194 e. The van der Waals surface area contributed by atoms with Crippen molar-refractivity contribution in [2.45, 2.75) is 5.41 Å². The first kappa shape index (κ1) is 32.5. The Bertz CT molecular complexity index is 3320. The summed E-state index contributed by atoms with van der Waals surface area (Å²) < 4.78 is 16.7. The summed E-state index contributed by atoms with van der Waals surface area (Å²) in [6.07, 6.45) is 0. The minimum absolute atomic E-state index is 0.469.